The monoisotopic (exact) mass is 235 g/mol. The maximum absolute atomic E-state index is 6.14. The van der Waals surface area contributed by atoms with Crippen LogP contribution in [-0.4, -0.2) is 17.0 Å². The second-order valence-electron chi connectivity index (χ2n) is 3.69. The van der Waals surface area contributed by atoms with E-state index in [0.717, 1.165) is 17.1 Å². The van der Waals surface area contributed by atoms with Crippen molar-refractivity contribution in [2.24, 2.45) is 0 Å². The average Bonchev–Trinajstić information content (AvgIpc) is 2.61. The van der Waals surface area contributed by atoms with Gasteiger partial charge in [-0.25, -0.2) is 4.98 Å². The Hall–Kier alpha value is -1.32. The second-order valence-corrected chi connectivity index (χ2v) is 4.07. The first-order valence-corrected chi connectivity index (χ1v) is 5.55. The number of hydrogen-bond acceptors (Lipinski definition) is 2. The van der Waals surface area contributed by atoms with Crippen molar-refractivity contribution in [3.63, 3.8) is 0 Å². The first-order valence-electron chi connectivity index (χ1n) is 5.17. The summed E-state index contributed by atoms with van der Waals surface area (Å²) in [7, 11) is 1.88. The van der Waals surface area contributed by atoms with Gasteiger partial charge in [-0.3, -0.25) is 0 Å². The molecule has 2 aromatic rings. The lowest BCUT2D eigenvalue weighted by molar-refractivity contribution is 0.772. The number of rotatable bonds is 3. The highest BCUT2D eigenvalue weighted by molar-refractivity contribution is 6.32. The predicted octanol–water partition coefficient (Wildman–Crippen LogP) is 2.76. The van der Waals surface area contributed by atoms with Crippen LogP contribution >= 0.6 is 11.6 Å². The van der Waals surface area contributed by atoms with Crippen molar-refractivity contribution >= 4 is 11.6 Å². The zero-order chi connectivity index (χ0) is 11.5. The lowest BCUT2D eigenvalue weighted by Gasteiger charge is -2.01. The zero-order valence-corrected chi connectivity index (χ0v) is 10.1. The van der Waals surface area contributed by atoms with Gasteiger partial charge in [0, 0.05) is 5.56 Å². The molecule has 0 amide bonds. The van der Waals surface area contributed by atoms with Crippen LogP contribution in [0, 0.1) is 6.92 Å². The van der Waals surface area contributed by atoms with Crippen molar-refractivity contribution in [3.8, 4) is 11.3 Å². The minimum Gasteiger partial charge on any atom is -0.331 e. The first-order chi connectivity index (χ1) is 7.72. The van der Waals surface area contributed by atoms with Crippen LogP contribution in [0.2, 0.25) is 5.15 Å². The number of hydrogen-bond donors (Lipinski definition) is 2. The highest BCUT2D eigenvalue weighted by Gasteiger charge is 2.11. The zero-order valence-electron chi connectivity index (χ0n) is 9.34. The summed E-state index contributed by atoms with van der Waals surface area (Å²) >= 11 is 6.14. The fraction of sp³-hybridized carbons (Fsp3) is 0.250. The average molecular weight is 236 g/mol. The van der Waals surface area contributed by atoms with Crippen molar-refractivity contribution < 1.29 is 0 Å². The Labute approximate surface area is 99.9 Å². The van der Waals surface area contributed by atoms with E-state index in [2.05, 4.69) is 28.3 Å². The van der Waals surface area contributed by atoms with Gasteiger partial charge in [-0.1, -0.05) is 35.9 Å². The molecule has 0 aliphatic rings. The molecule has 0 fully saturated rings. The highest BCUT2D eigenvalue weighted by atomic mass is 35.5. The molecule has 1 heterocycles. The Morgan fingerprint density at radius 2 is 2.12 bits per heavy atom. The number of H-pyrrole nitrogens is 1. The Bertz CT molecular complexity index is 491. The summed E-state index contributed by atoms with van der Waals surface area (Å²) in [5, 5.41) is 3.64. The van der Waals surface area contributed by atoms with E-state index in [1.54, 1.807) is 0 Å². The normalized spacial score (nSPS) is 10.7. The van der Waals surface area contributed by atoms with Gasteiger partial charge in [0.2, 0.25) is 0 Å². The lowest BCUT2D eigenvalue weighted by atomic mass is 10.1. The van der Waals surface area contributed by atoms with Gasteiger partial charge in [0.1, 0.15) is 16.7 Å². The maximum Gasteiger partial charge on any atom is 0.134 e. The van der Waals surface area contributed by atoms with Gasteiger partial charge in [-0.05, 0) is 19.5 Å². The summed E-state index contributed by atoms with van der Waals surface area (Å²) in [5.41, 5.74) is 3.07. The van der Waals surface area contributed by atoms with Crippen LogP contribution in [0.1, 0.15) is 11.4 Å². The van der Waals surface area contributed by atoms with Crippen LogP contribution in [0.15, 0.2) is 24.3 Å². The number of benzene rings is 1. The van der Waals surface area contributed by atoms with E-state index >= 15 is 0 Å². The summed E-state index contributed by atoms with van der Waals surface area (Å²) in [6, 6.07) is 8.08. The molecular weight excluding hydrogens is 222 g/mol. The predicted molar refractivity (Wildman–Crippen MR) is 66.5 cm³/mol. The molecule has 0 aliphatic heterocycles. The van der Waals surface area contributed by atoms with Gasteiger partial charge in [-0.2, -0.15) is 0 Å². The molecule has 3 nitrogen and oxygen atoms in total. The molecule has 0 atom stereocenters. The van der Waals surface area contributed by atoms with Gasteiger partial charge >= 0.3 is 0 Å². The maximum atomic E-state index is 6.14. The summed E-state index contributed by atoms with van der Waals surface area (Å²) in [5.74, 6) is 0.853. The van der Waals surface area contributed by atoms with Gasteiger partial charge in [-0.15, -0.1) is 0 Å². The summed E-state index contributed by atoms with van der Waals surface area (Å²) < 4.78 is 0. The lowest BCUT2D eigenvalue weighted by Crippen LogP contribution is -2.06. The molecule has 1 aromatic heterocycles. The van der Waals surface area contributed by atoms with Crippen molar-refractivity contribution in [2.75, 3.05) is 7.05 Å². The molecule has 1 aromatic carbocycles. The molecule has 0 unspecified atom stereocenters. The molecule has 0 saturated carbocycles. The van der Waals surface area contributed by atoms with E-state index in [9.17, 15) is 0 Å². The van der Waals surface area contributed by atoms with E-state index < -0.39 is 0 Å². The third-order valence-corrected chi connectivity index (χ3v) is 2.73. The quantitative estimate of drug-likeness (QED) is 0.859. The number of nitrogens with zero attached hydrogens (tertiary/aromatic N) is 1. The second kappa shape index (κ2) is 4.68. The third kappa shape index (κ3) is 2.10. The number of aromatic nitrogens is 2. The van der Waals surface area contributed by atoms with E-state index in [1.165, 1.54) is 5.56 Å². The Morgan fingerprint density at radius 3 is 2.81 bits per heavy atom. The van der Waals surface area contributed by atoms with Crippen LogP contribution < -0.4 is 5.32 Å². The fourth-order valence-corrected chi connectivity index (χ4v) is 1.92. The summed E-state index contributed by atoms with van der Waals surface area (Å²) in [6.45, 7) is 2.74. The van der Waals surface area contributed by atoms with E-state index in [1.807, 2.05) is 25.2 Å². The standard InChI is InChI=1S/C12H14ClN3/c1-8-5-3-4-6-9(8)11-12(13)16-10(15-11)7-14-2/h3-6,14H,7H2,1-2H3,(H,15,16). The van der Waals surface area contributed by atoms with E-state index in [0.29, 0.717) is 11.7 Å². The van der Waals surface area contributed by atoms with Crippen molar-refractivity contribution in [1.82, 2.24) is 15.3 Å². The third-order valence-electron chi connectivity index (χ3n) is 2.45. The number of nitrogens with one attached hydrogen (secondary N) is 2. The van der Waals surface area contributed by atoms with Gasteiger partial charge in [0.25, 0.3) is 0 Å². The van der Waals surface area contributed by atoms with Crippen LogP contribution in [0.25, 0.3) is 11.3 Å². The summed E-state index contributed by atoms with van der Waals surface area (Å²) in [6.07, 6.45) is 0. The summed E-state index contributed by atoms with van der Waals surface area (Å²) in [4.78, 5) is 7.54. The van der Waals surface area contributed by atoms with Gasteiger partial charge in [0.15, 0.2) is 0 Å². The number of halogens is 1. The van der Waals surface area contributed by atoms with E-state index in [-0.39, 0.29) is 0 Å². The fourth-order valence-electron chi connectivity index (χ4n) is 1.67. The molecule has 0 aliphatic carbocycles. The first kappa shape index (κ1) is 11.2. The number of aryl methyl sites for hydroxylation is 1. The molecule has 0 spiro atoms. The topological polar surface area (TPSA) is 40.7 Å². The molecule has 0 bridgehead atoms. The van der Waals surface area contributed by atoms with Gasteiger partial charge in [0.05, 0.1) is 6.54 Å². The number of imidazole rings is 1. The molecule has 84 valence electrons. The van der Waals surface area contributed by atoms with Crippen LogP contribution in [0.3, 0.4) is 0 Å². The van der Waals surface area contributed by atoms with Crippen LogP contribution in [-0.2, 0) is 6.54 Å². The molecule has 4 heteroatoms. The minimum absolute atomic E-state index is 0.597. The SMILES string of the molecule is CNCc1nc(-c2ccccc2C)c(Cl)[nH]1. The van der Waals surface area contributed by atoms with Crippen molar-refractivity contribution in [3.05, 3.63) is 40.8 Å². The molecule has 2 rings (SSSR count). The molecule has 0 saturated heterocycles. The molecule has 16 heavy (non-hydrogen) atoms. The highest BCUT2D eigenvalue weighted by Crippen LogP contribution is 2.27. The van der Waals surface area contributed by atoms with Crippen LogP contribution in [0.5, 0.6) is 0 Å². The number of aromatic amines is 1. The minimum atomic E-state index is 0.597. The Balaban J connectivity index is 2.44. The van der Waals surface area contributed by atoms with Crippen molar-refractivity contribution in [1.29, 1.82) is 0 Å². The Morgan fingerprint density at radius 1 is 1.38 bits per heavy atom. The molecule has 0 radical (unpaired) electrons. The molecular formula is C12H14ClN3. The van der Waals surface area contributed by atoms with E-state index in [4.69, 9.17) is 11.6 Å². The van der Waals surface area contributed by atoms with Gasteiger partial charge < -0.3 is 10.3 Å². The molecule has 2 N–H and O–H groups in total. The largest absolute Gasteiger partial charge is 0.331 e. The Kier molecular flexibility index (Phi) is 3.27. The smallest absolute Gasteiger partial charge is 0.134 e. The van der Waals surface area contributed by atoms with Crippen molar-refractivity contribution in [2.45, 2.75) is 13.5 Å². The van der Waals surface area contributed by atoms with Crippen LogP contribution in [0.4, 0.5) is 0 Å².